The summed E-state index contributed by atoms with van der Waals surface area (Å²) in [6.45, 7) is 7.61. The van der Waals surface area contributed by atoms with Crippen molar-refractivity contribution in [2.75, 3.05) is 31.6 Å². The van der Waals surface area contributed by atoms with Crippen LogP contribution in [-0.2, 0) is 9.53 Å². The Morgan fingerprint density at radius 1 is 1.55 bits per heavy atom. The number of likely N-dealkylation sites (tertiary alicyclic amines) is 1. The molecule has 1 aromatic rings. The van der Waals surface area contributed by atoms with Crippen molar-refractivity contribution >= 4 is 28.3 Å². The lowest BCUT2D eigenvalue weighted by molar-refractivity contribution is -0.135. The molecular weight excluding hydrogens is 302 g/mol. The molecule has 120 valence electrons. The lowest BCUT2D eigenvalue weighted by Crippen LogP contribution is -2.40. The zero-order valence-electron chi connectivity index (χ0n) is 12.7. The van der Waals surface area contributed by atoms with Crippen molar-refractivity contribution in [2.45, 2.75) is 19.8 Å². The highest BCUT2D eigenvalue weighted by molar-refractivity contribution is 7.13. The molecule has 2 heterocycles. The molecule has 1 aliphatic rings. The second kappa shape index (κ2) is 7.93. The molecule has 0 aliphatic carbocycles. The molecule has 22 heavy (non-hydrogen) atoms. The summed E-state index contributed by atoms with van der Waals surface area (Å²) in [4.78, 5) is 29.7. The topological polar surface area (TPSA) is 71.5 Å². The Bertz CT molecular complexity index is 536. The Morgan fingerprint density at radius 2 is 2.27 bits per heavy atom. The number of carbonyl (C=O) groups excluding carboxylic acids is 2. The molecule has 0 unspecified atom stereocenters. The lowest BCUT2D eigenvalue weighted by atomic mass is 9.99. The van der Waals surface area contributed by atoms with Gasteiger partial charge in [-0.05, 0) is 18.8 Å². The van der Waals surface area contributed by atoms with E-state index in [-0.39, 0.29) is 18.2 Å². The van der Waals surface area contributed by atoms with Crippen molar-refractivity contribution in [2.24, 2.45) is 5.92 Å². The van der Waals surface area contributed by atoms with Crippen molar-refractivity contribution in [3.8, 4) is 0 Å². The van der Waals surface area contributed by atoms with Crippen molar-refractivity contribution in [1.82, 2.24) is 9.88 Å². The first-order valence-corrected chi connectivity index (χ1v) is 8.23. The highest BCUT2D eigenvalue weighted by atomic mass is 32.1. The van der Waals surface area contributed by atoms with E-state index in [4.69, 9.17) is 4.74 Å². The maximum absolute atomic E-state index is 12.0. The molecule has 1 N–H and O–H groups in total. The number of ether oxygens (including phenoxy) is 1. The molecule has 6 nitrogen and oxygen atoms in total. The first kappa shape index (κ1) is 16.5. The van der Waals surface area contributed by atoms with Crippen LogP contribution < -0.4 is 5.32 Å². The molecule has 1 fully saturated rings. The van der Waals surface area contributed by atoms with Crippen LogP contribution in [0.2, 0.25) is 0 Å². The summed E-state index contributed by atoms with van der Waals surface area (Å²) in [6, 6.07) is 0. The van der Waals surface area contributed by atoms with Gasteiger partial charge in [0.25, 0.3) is 5.91 Å². The Kier molecular flexibility index (Phi) is 5.94. The molecule has 0 spiro atoms. The van der Waals surface area contributed by atoms with Crippen molar-refractivity contribution < 1.29 is 14.3 Å². The molecule has 0 radical (unpaired) electrons. The quantitative estimate of drug-likeness (QED) is 0.641. The zero-order chi connectivity index (χ0) is 15.9. The second-order valence-corrected chi connectivity index (χ2v) is 6.21. The number of carbonyl (C=O) groups is 2. The van der Waals surface area contributed by atoms with Crippen molar-refractivity contribution in [3.63, 3.8) is 0 Å². The number of nitrogens with zero attached hydrogens (tertiary/aromatic N) is 2. The van der Waals surface area contributed by atoms with Crippen LogP contribution in [0.25, 0.3) is 0 Å². The number of piperidine rings is 1. The highest BCUT2D eigenvalue weighted by Crippen LogP contribution is 2.17. The SMILES string of the molecule is C=CCNc1nc(C(=O)OCC(=O)N2CCC(C)CC2)cs1. The van der Waals surface area contributed by atoms with Gasteiger partial charge in [0.05, 0.1) is 0 Å². The van der Waals surface area contributed by atoms with Gasteiger partial charge in [0.1, 0.15) is 0 Å². The summed E-state index contributed by atoms with van der Waals surface area (Å²) in [5, 5.41) is 5.24. The first-order chi connectivity index (χ1) is 10.6. The number of anilines is 1. The fraction of sp³-hybridized carbons (Fsp3) is 0.533. The number of rotatable bonds is 6. The normalized spacial score (nSPS) is 15.4. The predicted molar refractivity (Wildman–Crippen MR) is 86.1 cm³/mol. The van der Waals surface area contributed by atoms with Crippen LogP contribution in [0.4, 0.5) is 5.13 Å². The zero-order valence-corrected chi connectivity index (χ0v) is 13.5. The predicted octanol–water partition coefficient (Wildman–Crippen LogP) is 2.16. The van der Waals surface area contributed by atoms with E-state index in [2.05, 4.69) is 23.8 Å². The Labute approximate surface area is 134 Å². The number of nitrogens with one attached hydrogen (secondary N) is 1. The summed E-state index contributed by atoms with van der Waals surface area (Å²) < 4.78 is 5.05. The molecule has 0 aromatic carbocycles. The van der Waals surface area contributed by atoms with Gasteiger partial charge in [0.2, 0.25) is 0 Å². The smallest absolute Gasteiger partial charge is 0.358 e. The van der Waals surface area contributed by atoms with E-state index >= 15 is 0 Å². The van der Waals surface area contributed by atoms with Gasteiger partial charge in [-0.1, -0.05) is 13.0 Å². The standard InChI is InChI=1S/C15H21N3O3S/c1-3-6-16-15-17-12(10-22-15)14(20)21-9-13(19)18-7-4-11(2)5-8-18/h3,10-11H,1,4-9H2,2H3,(H,16,17). The van der Waals surface area contributed by atoms with E-state index in [1.807, 2.05) is 0 Å². The summed E-state index contributed by atoms with van der Waals surface area (Å²) in [7, 11) is 0. The number of hydrogen-bond acceptors (Lipinski definition) is 6. The molecule has 0 bridgehead atoms. The van der Waals surface area contributed by atoms with Crippen LogP contribution >= 0.6 is 11.3 Å². The minimum Gasteiger partial charge on any atom is -0.451 e. The number of amides is 1. The second-order valence-electron chi connectivity index (χ2n) is 5.35. The third kappa shape index (κ3) is 4.56. The molecular formula is C15H21N3O3S. The van der Waals surface area contributed by atoms with Gasteiger partial charge in [0, 0.05) is 25.0 Å². The van der Waals surface area contributed by atoms with Crippen LogP contribution in [0.1, 0.15) is 30.3 Å². The maximum atomic E-state index is 12.0. The molecule has 0 saturated carbocycles. The summed E-state index contributed by atoms with van der Waals surface area (Å²) in [5.74, 6) is -0.0507. The number of thiazole rings is 1. The van der Waals surface area contributed by atoms with Gasteiger partial charge in [-0.3, -0.25) is 4.79 Å². The van der Waals surface area contributed by atoms with Crippen LogP contribution in [0.15, 0.2) is 18.0 Å². The van der Waals surface area contributed by atoms with Crippen molar-refractivity contribution in [3.05, 3.63) is 23.7 Å². The number of esters is 1. The Morgan fingerprint density at radius 3 is 2.95 bits per heavy atom. The van der Waals surface area contributed by atoms with Crippen molar-refractivity contribution in [1.29, 1.82) is 0 Å². The molecule has 1 amide bonds. The Balaban J connectivity index is 1.78. The molecule has 2 rings (SSSR count). The van der Waals surface area contributed by atoms with E-state index < -0.39 is 5.97 Å². The van der Waals surface area contributed by atoms with Crippen LogP contribution in [0.5, 0.6) is 0 Å². The average Bonchev–Trinajstić information content (AvgIpc) is 3.00. The van der Waals surface area contributed by atoms with Crippen LogP contribution in [0, 0.1) is 5.92 Å². The lowest BCUT2D eigenvalue weighted by Gasteiger charge is -2.30. The third-order valence-electron chi connectivity index (χ3n) is 3.57. The fourth-order valence-electron chi connectivity index (χ4n) is 2.16. The van der Waals surface area contributed by atoms with Gasteiger partial charge in [0.15, 0.2) is 17.4 Å². The Hall–Kier alpha value is -1.89. The summed E-state index contributed by atoms with van der Waals surface area (Å²) in [6.07, 6.45) is 3.71. The van der Waals surface area contributed by atoms with Gasteiger partial charge in [-0.2, -0.15) is 0 Å². The number of aromatic nitrogens is 1. The highest BCUT2D eigenvalue weighted by Gasteiger charge is 2.22. The summed E-state index contributed by atoms with van der Waals surface area (Å²) >= 11 is 1.31. The van der Waals surface area contributed by atoms with Gasteiger partial charge in [-0.25, -0.2) is 9.78 Å². The third-order valence-corrected chi connectivity index (χ3v) is 4.37. The monoisotopic (exact) mass is 323 g/mol. The summed E-state index contributed by atoms with van der Waals surface area (Å²) in [5.41, 5.74) is 0.219. The molecule has 7 heteroatoms. The van der Waals surface area contributed by atoms with E-state index in [0.29, 0.717) is 17.6 Å². The molecule has 1 aliphatic heterocycles. The minimum absolute atomic E-state index is 0.138. The van der Waals surface area contributed by atoms with E-state index in [1.54, 1.807) is 16.4 Å². The van der Waals surface area contributed by atoms with Gasteiger partial charge in [-0.15, -0.1) is 17.9 Å². The van der Waals surface area contributed by atoms with Crippen LogP contribution in [-0.4, -0.2) is 48.0 Å². The van der Waals surface area contributed by atoms with E-state index in [1.165, 1.54) is 11.3 Å². The van der Waals surface area contributed by atoms with E-state index in [9.17, 15) is 9.59 Å². The largest absolute Gasteiger partial charge is 0.451 e. The van der Waals surface area contributed by atoms with E-state index in [0.717, 1.165) is 25.9 Å². The minimum atomic E-state index is -0.568. The fourth-order valence-corrected chi connectivity index (χ4v) is 2.85. The van der Waals surface area contributed by atoms with Gasteiger partial charge >= 0.3 is 5.97 Å². The average molecular weight is 323 g/mol. The molecule has 1 aromatic heterocycles. The van der Waals surface area contributed by atoms with Gasteiger partial charge < -0.3 is 15.0 Å². The van der Waals surface area contributed by atoms with Crippen LogP contribution in [0.3, 0.4) is 0 Å². The molecule has 1 saturated heterocycles. The first-order valence-electron chi connectivity index (χ1n) is 7.35. The molecule has 0 atom stereocenters. The maximum Gasteiger partial charge on any atom is 0.358 e. The number of hydrogen-bond donors (Lipinski definition) is 1.